The van der Waals surface area contributed by atoms with Gasteiger partial charge in [0.1, 0.15) is 5.51 Å². The minimum absolute atomic E-state index is 0.229. The number of amides is 2. The topological polar surface area (TPSA) is 75.2 Å². The average Bonchev–Trinajstić information content (AvgIpc) is 2.98. The molecule has 6 nitrogen and oxygen atoms in total. The van der Waals surface area contributed by atoms with Crippen LogP contribution in [0.3, 0.4) is 0 Å². The normalized spacial score (nSPS) is 10.6. The van der Waals surface area contributed by atoms with Crippen LogP contribution in [0.25, 0.3) is 0 Å². The van der Waals surface area contributed by atoms with E-state index in [0.717, 1.165) is 16.9 Å². The molecule has 8 heteroatoms. The van der Waals surface area contributed by atoms with Gasteiger partial charge in [-0.1, -0.05) is 48.9 Å². The first-order chi connectivity index (χ1) is 11.0. The Morgan fingerprint density at radius 3 is 2.78 bits per heavy atom. The molecule has 0 radical (unpaired) electrons. The Labute approximate surface area is 143 Å². The molecule has 0 aliphatic heterocycles. The second-order valence-electron chi connectivity index (χ2n) is 5.41. The van der Waals surface area contributed by atoms with Crippen LogP contribution in [0.2, 0.25) is 5.02 Å². The molecule has 1 aromatic heterocycles. The lowest BCUT2D eigenvalue weighted by Gasteiger charge is -2.24. The van der Waals surface area contributed by atoms with Crippen LogP contribution in [-0.4, -0.2) is 33.5 Å². The van der Waals surface area contributed by atoms with Gasteiger partial charge < -0.3 is 4.90 Å². The minimum atomic E-state index is -0.718. The van der Waals surface area contributed by atoms with Crippen LogP contribution in [0.1, 0.15) is 19.4 Å². The van der Waals surface area contributed by atoms with Crippen molar-refractivity contribution in [3.63, 3.8) is 0 Å². The molecule has 1 heterocycles. The van der Waals surface area contributed by atoms with Crippen LogP contribution in [0.5, 0.6) is 0 Å². The predicted octanol–water partition coefficient (Wildman–Crippen LogP) is 2.81. The fourth-order valence-corrected chi connectivity index (χ4v) is 2.69. The van der Waals surface area contributed by atoms with E-state index in [4.69, 9.17) is 11.6 Å². The van der Waals surface area contributed by atoms with E-state index in [1.807, 2.05) is 26.0 Å². The zero-order valence-electron chi connectivity index (χ0n) is 12.8. The lowest BCUT2D eigenvalue weighted by atomic mass is 10.1. The maximum absolute atomic E-state index is 12.4. The van der Waals surface area contributed by atoms with Gasteiger partial charge in [0, 0.05) is 18.1 Å². The molecule has 0 aliphatic rings. The Bertz CT molecular complexity index is 676. The Morgan fingerprint density at radius 2 is 2.17 bits per heavy atom. The number of aromatic nitrogens is 2. The highest BCUT2D eigenvalue weighted by atomic mass is 35.5. The fourth-order valence-electron chi connectivity index (χ4n) is 2.04. The molecule has 0 saturated heterocycles. The molecule has 1 N–H and O–H groups in total. The van der Waals surface area contributed by atoms with Crippen molar-refractivity contribution in [3.8, 4) is 0 Å². The number of anilines is 1. The number of hydrogen-bond acceptors (Lipinski definition) is 5. The summed E-state index contributed by atoms with van der Waals surface area (Å²) in [5.41, 5.74) is 2.35. The van der Waals surface area contributed by atoms with E-state index in [9.17, 15) is 9.59 Å². The van der Waals surface area contributed by atoms with E-state index >= 15 is 0 Å². The smallest absolute Gasteiger partial charge is 0.315 e. The SMILES string of the molecule is CC(C)CN(Cc1cccc(Cl)c1)C(=O)C(=O)Nc1nncs1. The van der Waals surface area contributed by atoms with Gasteiger partial charge in [-0.2, -0.15) is 0 Å². The lowest BCUT2D eigenvalue weighted by Crippen LogP contribution is -2.41. The second-order valence-corrected chi connectivity index (χ2v) is 6.68. The van der Waals surface area contributed by atoms with Crippen molar-refractivity contribution in [2.45, 2.75) is 20.4 Å². The molecule has 1 aromatic carbocycles. The summed E-state index contributed by atoms with van der Waals surface area (Å²) >= 11 is 7.13. The Morgan fingerprint density at radius 1 is 1.39 bits per heavy atom. The van der Waals surface area contributed by atoms with Gasteiger partial charge in [-0.05, 0) is 23.6 Å². The number of benzene rings is 1. The molecule has 23 heavy (non-hydrogen) atoms. The van der Waals surface area contributed by atoms with Gasteiger partial charge in [0.25, 0.3) is 0 Å². The zero-order chi connectivity index (χ0) is 16.8. The molecule has 0 spiro atoms. The van der Waals surface area contributed by atoms with Crippen molar-refractivity contribution in [2.24, 2.45) is 5.92 Å². The number of hydrogen-bond donors (Lipinski definition) is 1. The molecular formula is C15H17ClN4O2S. The summed E-state index contributed by atoms with van der Waals surface area (Å²) in [4.78, 5) is 26.0. The molecule has 122 valence electrons. The highest BCUT2D eigenvalue weighted by Gasteiger charge is 2.23. The third kappa shape index (κ3) is 5.30. The van der Waals surface area contributed by atoms with Crippen LogP contribution < -0.4 is 5.32 Å². The predicted molar refractivity (Wildman–Crippen MR) is 90.2 cm³/mol. The largest absolute Gasteiger partial charge is 0.330 e. The van der Waals surface area contributed by atoms with E-state index < -0.39 is 11.8 Å². The van der Waals surface area contributed by atoms with Crippen molar-refractivity contribution >= 4 is 39.9 Å². The van der Waals surface area contributed by atoms with Crippen LogP contribution in [0, 0.1) is 5.92 Å². The first-order valence-corrected chi connectivity index (χ1v) is 8.32. The van der Waals surface area contributed by atoms with Crippen LogP contribution in [0.15, 0.2) is 29.8 Å². The zero-order valence-corrected chi connectivity index (χ0v) is 14.4. The third-order valence-electron chi connectivity index (χ3n) is 2.91. The first kappa shape index (κ1) is 17.4. The summed E-state index contributed by atoms with van der Waals surface area (Å²) in [6.45, 7) is 4.76. The average molecular weight is 353 g/mol. The lowest BCUT2D eigenvalue weighted by molar-refractivity contribution is -0.143. The van der Waals surface area contributed by atoms with Crippen molar-refractivity contribution in [3.05, 3.63) is 40.4 Å². The molecule has 0 atom stereocenters. The van der Waals surface area contributed by atoms with Gasteiger partial charge >= 0.3 is 11.8 Å². The Balaban J connectivity index is 2.10. The number of halogens is 1. The van der Waals surface area contributed by atoms with Crippen LogP contribution in [0.4, 0.5) is 5.13 Å². The van der Waals surface area contributed by atoms with E-state index in [1.165, 1.54) is 10.4 Å². The third-order valence-corrected chi connectivity index (χ3v) is 3.75. The Hall–Kier alpha value is -1.99. The van der Waals surface area contributed by atoms with E-state index in [-0.39, 0.29) is 5.92 Å². The minimum Gasteiger partial charge on any atom is -0.330 e. The van der Waals surface area contributed by atoms with Crippen molar-refractivity contribution < 1.29 is 9.59 Å². The van der Waals surface area contributed by atoms with E-state index in [0.29, 0.717) is 23.2 Å². The maximum Gasteiger partial charge on any atom is 0.315 e. The standard InChI is InChI=1S/C15H17ClN4O2S/c1-10(2)7-20(8-11-4-3-5-12(16)6-11)14(22)13(21)18-15-19-17-9-23-15/h3-6,9-10H,7-8H2,1-2H3,(H,18,19,21). The molecule has 2 amide bonds. The highest BCUT2D eigenvalue weighted by Crippen LogP contribution is 2.15. The van der Waals surface area contributed by atoms with Gasteiger partial charge in [-0.25, -0.2) is 0 Å². The number of nitrogens with one attached hydrogen (secondary N) is 1. The summed E-state index contributed by atoms with van der Waals surface area (Å²) < 4.78 is 0. The molecule has 0 aliphatic carbocycles. The summed E-state index contributed by atoms with van der Waals surface area (Å²) in [6, 6.07) is 7.23. The van der Waals surface area contributed by atoms with Gasteiger partial charge in [0.2, 0.25) is 5.13 Å². The molecular weight excluding hydrogens is 336 g/mol. The maximum atomic E-state index is 12.4. The van der Waals surface area contributed by atoms with E-state index in [1.54, 1.807) is 12.1 Å². The van der Waals surface area contributed by atoms with Crippen molar-refractivity contribution in [1.82, 2.24) is 15.1 Å². The quantitative estimate of drug-likeness (QED) is 0.839. The fraction of sp³-hybridized carbons (Fsp3) is 0.333. The van der Waals surface area contributed by atoms with Gasteiger partial charge in [-0.15, -0.1) is 10.2 Å². The van der Waals surface area contributed by atoms with Crippen molar-refractivity contribution in [2.75, 3.05) is 11.9 Å². The summed E-state index contributed by atoms with van der Waals surface area (Å²) in [6.07, 6.45) is 0. The molecule has 0 saturated carbocycles. The van der Waals surface area contributed by atoms with Gasteiger partial charge in [-0.3, -0.25) is 14.9 Å². The summed E-state index contributed by atoms with van der Waals surface area (Å²) in [5.74, 6) is -1.09. The molecule has 0 unspecified atom stereocenters. The number of carbonyl (C=O) groups excluding carboxylic acids is 2. The van der Waals surface area contributed by atoms with Gasteiger partial charge in [0.15, 0.2) is 0 Å². The first-order valence-electron chi connectivity index (χ1n) is 7.06. The number of carbonyl (C=O) groups is 2. The molecule has 2 rings (SSSR count). The van der Waals surface area contributed by atoms with E-state index in [2.05, 4.69) is 15.5 Å². The van der Waals surface area contributed by atoms with Crippen LogP contribution >= 0.6 is 22.9 Å². The summed E-state index contributed by atoms with van der Waals surface area (Å²) in [7, 11) is 0. The van der Waals surface area contributed by atoms with Crippen LogP contribution in [-0.2, 0) is 16.1 Å². The second kappa shape index (κ2) is 8.03. The highest BCUT2D eigenvalue weighted by molar-refractivity contribution is 7.13. The number of rotatable bonds is 5. The summed E-state index contributed by atoms with van der Waals surface area (Å²) in [5, 5.41) is 10.7. The number of nitrogens with zero attached hydrogens (tertiary/aromatic N) is 3. The van der Waals surface area contributed by atoms with Gasteiger partial charge in [0.05, 0.1) is 0 Å². The molecule has 2 aromatic rings. The monoisotopic (exact) mass is 352 g/mol. The van der Waals surface area contributed by atoms with Crippen molar-refractivity contribution in [1.29, 1.82) is 0 Å². The molecule has 0 bridgehead atoms. The Kier molecular flexibility index (Phi) is 6.06. The molecule has 0 fully saturated rings.